The van der Waals surface area contributed by atoms with Gasteiger partial charge >= 0.3 is 0 Å². The molecule has 1 heterocycles. The van der Waals surface area contributed by atoms with Crippen molar-refractivity contribution < 1.29 is 4.79 Å². The van der Waals surface area contributed by atoms with Crippen LogP contribution in [0.1, 0.15) is 17.5 Å². The van der Waals surface area contributed by atoms with Gasteiger partial charge in [-0.3, -0.25) is 4.79 Å². The van der Waals surface area contributed by atoms with Crippen LogP contribution in [0.15, 0.2) is 24.3 Å². The highest BCUT2D eigenvalue weighted by atomic mass is 35.5. The number of hydrogen-bond acceptors (Lipinski definition) is 2. The third-order valence-corrected chi connectivity index (χ3v) is 4.30. The minimum absolute atomic E-state index is 0. The van der Waals surface area contributed by atoms with Crippen LogP contribution in [-0.2, 0) is 11.2 Å². The van der Waals surface area contributed by atoms with Crippen molar-refractivity contribution in [3.63, 3.8) is 0 Å². The van der Waals surface area contributed by atoms with Crippen LogP contribution in [0.3, 0.4) is 0 Å². The van der Waals surface area contributed by atoms with Gasteiger partial charge in [0.25, 0.3) is 0 Å². The van der Waals surface area contributed by atoms with Gasteiger partial charge < -0.3 is 10.6 Å². The number of piperidine rings is 1. The molecule has 1 saturated heterocycles. The summed E-state index contributed by atoms with van der Waals surface area (Å²) in [5, 5.41) is 6.51. The SMILES string of the molecule is Cc1ccccc1CCC(=O)NC1C2CNCC21.Cl. The van der Waals surface area contributed by atoms with Gasteiger partial charge in [-0.1, -0.05) is 24.3 Å². The van der Waals surface area contributed by atoms with Gasteiger partial charge in [0, 0.05) is 25.6 Å². The Bertz CT molecular complexity index is 453. The maximum atomic E-state index is 11.9. The van der Waals surface area contributed by atoms with Gasteiger partial charge in [-0.2, -0.15) is 0 Å². The summed E-state index contributed by atoms with van der Waals surface area (Å²) in [6, 6.07) is 8.74. The Kier molecular flexibility index (Phi) is 4.48. The van der Waals surface area contributed by atoms with E-state index in [0.29, 0.717) is 24.3 Å². The Morgan fingerprint density at radius 1 is 1.32 bits per heavy atom. The van der Waals surface area contributed by atoms with Gasteiger partial charge in [0.2, 0.25) is 5.91 Å². The Hall–Kier alpha value is -1.06. The van der Waals surface area contributed by atoms with E-state index in [1.54, 1.807) is 0 Å². The van der Waals surface area contributed by atoms with Crippen molar-refractivity contribution in [3.05, 3.63) is 35.4 Å². The Balaban J connectivity index is 0.00000133. The number of fused-ring (bicyclic) bond motifs is 1. The van der Waals surface area contributed by atoms with Crippen molar-refractivity contribution in [2.24, 2.45) is 11.8 Å². The number of hydrogen-bond donors (Lipinski definition) is 2. The van der Waals surface area contributed by atoms with Crippen LogP contribution in [0.25, 0.3) is 0 Å². The highest BCUT2D eigenvalue weighted by Gasteiger charge is 2.53. The van der Waals surface area contributed by atoms with Crippen LogP contribution in [0.2, 0.25) is 0 Å². The molecule has 1 amide bonds. The second-order valence-corrected chi connectivity index (χ2v) is 5.51. The zero-order valence-electron chi connectivity index (χ0n) is 11.2. The van der Waals surface area contributed by atoms with E-state index in [2.05, 4.69) is 29.7 Å². The zero-order chi connectivity index (χ0) is 12.5. The van der Waals surface area contributed by atoms with Gasteiger partial charge in [-0.15, -0.1) is 12.4 Å². The van der Waals surface area contributed by atoms with E-state index < -0.39 is 0 Å². The fraction of sp³-hybridized carbons (Fsp3) is 0.533. The smallest absolute Gasteiger partial charge is 0.220 e. The molecule has 2 atom stereocenters. The third kappa shape index (κ3) is 3.10. The van der Waals surface area contributed by atoms with E-state index in [0.717, 1.165) is 19.5 Å². The molecule has 1 aliphatic carbocycles. The highest BCUT2D eigenvalue weighted by molar-refractivity contribution is 5.85. The van der Waals surface area contributed by atoms with Crippen LogP contribution in [-0.4, -0.2) is 25.0 Å². The lowest BCUT2D eigenvalue weighted by molar-refractivity contribution is -0.121. The minimum atomic E-state index is 0. The van der Waals surface area contributed by atoms with Crippen LogP contribution < -0.4 is 10.6 Å². The molecule has 4 heteroatoms. The first kappa shape index (κ1) is 14.4. The topological polar surface area (TPSA) is 41.1 Å². The van der Waals surface area contributed by atoms with Gasteiger partial charge in [0.05, 0.1) is 0 Å². The zero-order valence-corrected chi connectivity index (χ0v) is 12.0. The lowest BCUT2D eigenvalue weighted by Gasteiger charge is -2.08. The third-order valence-electron chi connectivity index (χ3n) is 4.30. The van der Waals surface area contributed by atoms with Crippen molar-refractivity contribution >= 4 is 18.3 Å². The number of carbonyl (C=O) groups is 1. The first-order chi connectivity index (χ1) is 8.75. The van der Waals surface area contributed by atoms with E-state index in [-0.39, 0.29) is 18.3 Å². The second-order valence-electron chi connectivity index (χ2n) is 5.51. The van der Waals surface area contributed by atoms with E-state index in [9.17, 15) is 4.79 Å². The van der Waals surface area contributed by atoms with Crippen LogP contribution >= 0.6 is 12.4 Å². The summed E-state index contributed by atoms with van der Waals surface area (Å²) in [5.41, 5.74) is 2.56. The fourth-order valence-corrected chi connectivity index (χ4v) is 3.03. The van der Waals surface area contributed by atoms with E-state index >= 15 is 0 Å². The first-order valence-corrected chi connectivity index (χ1v) is 6.80. The molecule has 1 aliphatic heterocycles. The summed E-state index contributed by atoms with van der Waals surface area (Å²) in [5.74, 6) is 1.61. The second kappa shape index (κ2) is 5.93. The molecule has 0 spiro atoms. The number of aryl methyl sites for hydroxylation is 2. The van der Waals surface area contributed by atoms with Crippen molar-refractivity contribution in [2.45, 2.75) is 25.8 Å². The number of amides is 1. The lowest BCUT2D eigenvalue weighted by atomic mass is 10.0. The normalized spacial score (nSPS) is 27.3. The van der Waals surface area contributed by atoms with Gasteiger partial charge in [0.1, 0.15) is 0 Å². The predicted octanol–water partition coefficient (Wildman–Crippen LogP) is 1.68. The van der Waals surface area contributed by atoms with Crippen molar-refractivity contribution in [1.29, 1.82) is 0 Å². The summed E-state index contributed by atoms with van der Waals surface area (Å²) < 4.78 is 0. The van der Waals surface area contributed by atoms with Gasteiger partial charge in [-0.05, 0) is 36.3 Å². The molecule has 1 aromatic rings. The number of rotatable bonds is 4. The molecule has 3 nitrogen and oxygen atoms in total. The molecule has 0 aromatic heterocycles. The maximum absolute atomic E-state index is 11.9. The Morgan fingerprint density at radius 2 is 2.00 bits per heavy atom. The number of nitrogens with one attached hydrogen (secondary N) is 2. The molecule has 0 radical (unpaired) electrons. The molecule has 3 rings (SSSR count). The molecule has 19 heavy (non-hydrogen) atoms. The van der Waals surface area contributed by atoms with E-state index in [1.807, 2.05) is 12.1 Å². The van der Waals surface area contributed by atoms with Crippen molar-refractivity contribution in [1.82, 2.24) is 10.6 Å². The molecule has 2 fully saturated rings. The summed E-state index contributed by atoms with van der Waals surface area (Å²) >= 11 is 0. The molecule has 0 bridgehead atoms. The summed E-state index contributed by atoms with van der Waals surface area (Å²) in [6.45, 7) is 4.25. The van der Waals surface area contributed by atoms with E-state index in [1.165, 1.54) is 11.1 Å². The van der Waals surface area contributed by atoms with Crippen LogP contribution in [0.5, 0.6) is 0 Å². The number of halogens is 1. The number of carbonyl (C=O) groups excluding carboxylic acids is 1. The Labute approximate surface area is 120 Å². The molecule has 1 saturated carbocycles. The molecule has 104 valence electrons. The van der Waals surface area contributed by atoms with Crippen molar-refractivity contribution in [2.75, 3.05) is 13.1 Å². The van der Waals surface area contributed by atoms with Crippen LogP contribution in [0, 0.1) is 18.8 Å². The largest absolute Gasteiger partial charge is 0.353 e. The van der Waals surface area contributed by atoms with E-state index in [4.69, 9.17) is 0 Å². The highest BCUT2D eigenvalue weighted by Crippen LogP contribution is 2.41. The average molecular weight is 281 g/mol. The summed E-state index contributed by atoms with van der Waals surface area (Å²) in [6.07, 6.45) is 1.45. The molecule has 1 aromatic carbocycles. The lowest BCUT2D eigenvalue weighted by Crippen LogP contribution is -2.32. The standard InChI is InChI=1S/C15H20N2O.ClH/c1-10-4-2-3-5-11(10)6-7-14(18)17-15-12-8-16-9-13(12)15;/h2-5,12-13,15-16H,6-9H2,1H3,(H,17,18);1H. The first-order valence-electron chi connectivity index (χ1n) is 6.80. The summed E-state index contributed by atoms with van der Waals surface area (Å²) in [4.78, 5) is 11.9. The monoisotopic (exact) mass is 280 g/mol. The Morgan fingerprint density at radius 3 is 2.68 bits per heavy atom. The van der Waals surface area contributed by atoms with Gasteiger partial charge in [-0.25, -0.2) is 0 Å². The molecule has 2 unspecified atom stereocenters. The maximum Gasteiger partial charge on any atom is 0.220 e. The average Bonchev–Trinajstić information content (AvgIpc) is 2.81. The predicted molar refractivity (Wildman–Crippen MR) is 78.5 cm³/mol. The molecule has 2 aliphatic rings. The quantitative estimate of drug-likeness (QED) is 0.881. The van der Waals surface area contributed by atoms with Crippen LogP contribution in [0.4, 0.5) is 0 Å². The molecular weight excluding hydrogens is 260 g/mol. The minimum Gasteiger partial charge on any atom is -0.353 e. The van der Waals surface area contributed by atoms with Crippen molar-refractivity contribution in [3.8, 4) is 0 Å². The number of benzene rings is 1. The van der Waals surface area contributed by atoms with Gasteiger partial charge in [0.15, 0.2) is 0 Å². The molecule has 2 N–H and O–H groups in total. The summed E-state index contributed by atoms with van der Waals surface area (Å²) in [7, 11) is 0. The molecular formula is C15H21ClN2O. The fourth-order valence-electron chi connectivity index (χ4n) is 3.03.